The topological polar surface area (TPSA) is 30.4 Å². The largest absolute Gasteiger partial charge is 0.371 e. The third-order valence-corrected chi connectivity index (χ3v) is 3.04. The van der Waals surface area contributed by atoms with Gasteiger partial charge < -0.3 is 9.30 Å². The molecule has 0 radical (unpaired) electrons. The molecule has 0 aliphatic carbocycles. The van der Waals surface area contributed by atoms with Gasteiger partial charge in [0.05, 0.1) is 36.6 Å². The summed E-state index contributed by atoms with van der Waals surface area (Å²) in [5.74, 6) is 0. The average molecular weight is 202 g/mol. The quantitative estimate of drug-likeness (QED) is 0.698. The van der Waals surface area contributed by atoms with Crippen LogP contribution in [0.5, 0.6) is 0 Å². The Kier molecular flexibility index (Phi) is 1.83. The van der Waals surface area contributed by atoms with E-state index in [1.54, 1.807) is 0 Å². The van der Waals surface area contributed by atoms with Gasteiger partial charge in [-0.2, -0.15) is 0 Å². The van der Waals surface area contributed by atoms with Gasteiger partial charge in [0, 0.05) is 0 Å². The molecule has 0 spiro atoms. The first kappa shape index (κ1) is 8.92. The fraction of sp³-hybridized carbons (Fsp3) is 0.417. The molecule has 1 saturated heterocycles. The molecule has 1 atom stereocenters. The normalized spacial score (nSPS) is 19.7. The predicted molar refractivity (Wildman–Crippen MR) is 58.9 cm³/mol. The standard InChI is InChI=1S/C12H14N2O/c1-8-3-11-12(4-9(8)2)14(7-13-11)5-10-6-15-10/h3-4,7,10H,5-6H2,1-2H3/t10-/m1/s1. The minimum atomic E-state index is 0.406. The molecule has 0 saturated carbocycles. The summed E-state index contributed by atoms with van der Waals surface area (Å²) in [4.78, 5) is 4.41. The first-order valence-corrected chi connectivity index (χ1v) is 5.28. The van der Waals surface area contributed by atoms with Crippen LogP contribution in [0.3, 0.4) is 0 Å². The number of nitrogens with zero attached hydrogens (tertiary/aromatic N) is 2. The third-order valence-electron chi connectivity index (χ3n) is 3.04. The van der Waals surface area contributed by atoms with Crippen molar-refractivity contribution in [1.29, 1.82) is 0 Å². The van der Waals surface area contributed by atoms with Crippen LogP contribution in [-0.2, 0) is 11.3 Å². The van der Waals surface area contributed by atoms with Crippen LogP contribution in [0, 0.1) is 13.8 Å². The zero-order chi connectivity index (χ0) is 10.4. The molecule has 1 aliphatic rings. The fourth-order valence-electron chi connectivity index (χ4n) is 1.85. The highest BCUT2D eigenvalue weighted by Gasteiger charge is 2.23. The lowest BCUT2D eigenvalue weighted by molar-refractivity contribution is 0.385. The Bertz CT molecular complexity index is 512. The Morgan fingerprint density at radius 2 is 2.13 bits per heavy atom. The number of rotatable bonds is 2. The van der Waals surface area contributed by atoms with Crippen LogP contribution < -0.4 is 0 Å². The summed E-state index contributed by atoms with van der Waals surface area (Å²) in [5.41, 5.74) is 4.92. The fourth-order valence-corrected chi connectivity index (χ4v) is 1.85. The van der Waals surface area contributed by atoms with Crippen LogP contribution in [0.25, 0.3) is 11.0 Å². The highest BCUT2D eigenvalue weighted by Crippen LogP contribution is 2.20. The van der Waals surface area contributed by atoms with Gasteiger partial charge in [0.15, 0.2) is 0 Å². The lowest BCUT2D eigenvalue weighted by atomic mass is 10.1. The summed E-state index contributed by atoms with van der Waals surface area (Å²) in [6.07, 6.45) is 2.31. The minimum absolute atomic E-state index is 0.406. The molecule has 0 amide bonds. The second kappa shape index (κ2) is 3.07. The number of imidazole rings is 1. The highest BCUT2D eigenvalue weighted by molar-refractivity contribution is 5.77. The SMILES string of the molecule is Cc1cc2ncn(C[C@@H]3CO3)c2cc1C. The molecule has 0 N–H and O–H groups in total. The van der Waals surface area contributed by atoms with Gasteiger partial charge >= 0.3 is 0 Å². The number of aromatic nitrogens is 2. The van der Waals surface area contributed by atoms with Crippen molar-refractivity contribution in [2.45, 2.75) is 26.5 Å². The Morgan fingerprint density at radius 3 is 2.87 bits per heavy atom. The molecule has 2 aromatic rings. The number of epoxide rings is 1. The van der Waals surface area contributed by atoms with Crippen LogP contribution >= 0.6 is 0 Å². The molecule has 0 unspecified atom stereocenters. The zero-order valence-corrected chi connectivity index (χ0v) is 9.03. The van der Waals surface area contributed by atoms with E-state index in [1.165, 1.54) is 16.6 Å². The Hall–Kier alpha value is -1.35. The monoisotopic (exact) mass is 202 g/mol. The van der Waals surface area contributed by atoms with Gasteiger partial charge in [0.25, 0.3) is 0 Å². The molecule has 2 heterocycles. The number of hydrogen-bond acceptors (Lipinski definition) is 2. The predicted octanol–water partition coefficient (Wildman–Crippen LogP) is 2.05. The van der Waals surface area contributed by atoms with Gasteiger partial charge in [0.1, 0.15) is 0 Å². The van der Waals surface area contributed by atoms with Gasteiger partial charge in [0.2, 0.25) is 0 Å². The molecule has 1 aromatic heterocycles. The molecule has 1 fully saturated rings. The van der Waals surface area contributed by atoms with Gasteiger partial charge in [-0.05, 0) is 37.1 Å². The molecule has 3 rings (SSSR count). The van der Waals surface area contributed by atoms with Crippen molar-refractivity contribution in [2.24, 2.45) is 0 Å². The maximum Gasteiger partial charge on any atom is 0.0988 e. The Labute approximate surface area is 88.7 Å². The Morgan fingerprint density at radius 1 is 1.40 bits per heavy atom. The van der Waals surface area contributed by atoms with Gasteiger partial charge in [-0.25, -0.2) is 4.98 Å². The van der Waals surface area contributed by atoms with Crippen molar-refractivity contribution in [2.75, 3.05) is 6.61 Å². The number of benzene rings is 1. The van der Waals surface area contributed by atoms with E-state index in [0.29, 0.717) is 6.10 Å². The average Bonchev–Trinajstić information content (AvgIpc) is 2.94. The molecule has 1 aliphatic heterocycles. The van der Waals surface area contributed by atoms with E-state index in [4.69, 9.17) is 4.74 Å². The summed E-state index contributed by atoms with van der Waals surface area (Å²) >= 11 is 0. The smallest absolute Gasteiger partial charge is 0.0988 e. The van der Waals surface area contributed by atoms with Crippen LogP contribution in [0.4, 0.5) is 0 Å². The first-order valence-electron chi connectivity index (χ1n) is 5.28. The molecule has 3 nitrogen and oxygen atoms in total. The van der Waals surface area contributed by atoms with Crippen LogP contribution in [0.2, 0.25) is 0 Å². The highest BCUT2D eigenvalue weighted by atomic mass is 16.6. The lowest BCUT2D eigenvalue weighted by Crippen LogP contribution is -2.02. The van der Waals surface area contributed by atoms with E-state index in [2.05, 4.69) is 35.5 Å². The van der Waals surface area contributed by atoms with Gasteiger partial charge in [-0.3, -0.25) is 0 Å². The molecule has 1 aromatic carbocycles. The first-order chi connectivity index (χ1) is 7.24. The van der Waals surface area contributed by atoms with E-state index in [1.807, 2.05) is 6.33 Å². The number of fused-ring (bicyclic) bond motifs is 1. The van der Waals surface area contributed by atoms with Crippen molar-refractivity contribution in [1.82, 2.24) is 9.55 Å². The van der Waals surface area contributed by atoms with E-state index in [-0.39, 0.29) is 0 Å². The van der Waals surface area contributed by atoms with Crippen molar-refractivity contribution < 1.29 is 4.74 Å². The van der Waals surface area contributed by atoms with E-state index < -0.39 is 0 Å². The number of ether oxygens (including phenoxy) is 1. The second-order valence-corrected chi connectivity index (χ2v) is 4.28. The number of aryl methyl sites for hydroxylation is 2. The maximum atomic E-state index is 5.24. The van der Waals surface area contributed by atoms with Gasteiger partial charge in [-0.1, -0.05) is 0 Å². The van der Waals surface area contributed by atoms with E-state index in [0.717, 1.165) is 18.7 Å². The van der Waals surface area contributed by atoms with Crippen LogP contribution in [0.15, 0.2) is 18.5 Å². The molecule has 15 heavy (non-hydrogen) atoms. The summed E-state index contributed by atoms with van der Waals surface area (Å²) in [6.45, 7) is 6.08. The number of hydrogen-bond donors (Lipinski definition) is 0. The Balaban J connectivity index is 2.10. The van der Waals surface area contributed by atoms with E-state index >= 15 is 0 Å². The zero-order valence-electron chi connectivity index (χ0n) is 9.03. The van der Waals surface area contributed by atoms with Crippen LogP contribution in [0.1, 0.15) is 11.1 Å². The van der Waals surface area contributed by atoms with Crippen molar-refractivity contribution in [3.63, 3.8) is 0 Å². The summed E-state index contributed by atoms with van der Waals surface area (Å²) in [7, 11) is 0. The minimum Gasteiger partial charge on any atom is -0.371 e. The summed E-state index contributed by atoms with van der Waals surface area (Å²) in [6, 6.07) is 4.36. The summed E-state index contributed by atoms with van der Waals surface area (Å²) < 4.78 is 7.42. The molecule has 3 heteroatoms. The molecule has 78 valence electrons. The molecule has 0 bridgehead atoms. The van der Waals surface area contributed by atoms with Crippen LogP contribution in [-0.4, -0.2) is 22.3 Å². The van der Waals surface area contributed by atoms with Crippen molar-refractivity contribution in [3.05, 3.63) is 29.6 Å². The maximum absolute atomic E-state index is 5.24. The summed E-state index contributed by atoms with van der Waals surface area (Å²) in [5, 5.41) is 0. The van der Waals surface area contributed by atoms with E-state index in [9.17, 15) is 0 Å². The molecular formula is C12H14N2O. The second-order valence-electron chi connectivity index (χ2n) is 4.28. The molecular weight excluding hydrogens is 188 g/mol. The van der Waals surface area contributed by atoms with Crippen molar-refractivity contribution >= 4 is 11.0 Å². The van der Waals surface area contributed by atoms with Crippen molar-refractivity contribution in [3.8, 4) is 0 Å². The third kappa shape index (κ3) is 1.53. The van der Waals surface area contributed by atoms with Gasteiger partial charge in [-0.15, -0.1) is 0 Å². The lowest BCUT2D eigenvalue weighted by Gasteiger charge is -2.03.